The number of anilines is 2. The number of benzene rings is 2. The summed E-state index contributed by atoms with van der Waals surface area (Å²) in [5, 5.41) is 1.80. The van der Waals surface area contributed by atoms with E-state index >= 15 is 0 Å². The Bertz CT molecular complexity index is 1170. The van der Waals surface area contributed by atoms with Gasteiger partial charge in [-0.15, -0.1) is 23.2 Å². The molecule has 2 aliphatic rings. The number of alkyl halides is 2. The molecule has 1 N–H and O–H groups in total. The van der Waals surface area contributed by atoms with Crippen LogP contribution in [0.25, 0.3) is 0 Å². The number of nitrogens with one attached hydrogen (secondary N) is 1. The molecule has 0 radical (unpaired) electrons. The topological polar surface area (TPSA) is 119 Å². The van der Waals surface area contributed by atoms with Crippen molar-refractivity contribution >= 4 is 64.2 Å². The number of ether oxygens (including phenoxy) is 2. The average Bonchev–Trinajstić information content (AvgIpc) is 3.11. The summed E-state index contributed by atoms with van der Waals surface area (Å²) in [6.45, 7) is -0.537. The molecule has 0 aromatic heterocycles. The number of esters is 2. The fraction of sp³-hybridized carbons (Fsp3) is 0.320. The van der Waals surface area contributed by atoms with Crippen LogP contribution in [0.15, 0.2) is 48.5 Å². The quantitative estimate of drug-likeness (QED) is 0.344. The molecule has 3 amide bonds. The lowest BCUT2D eigenvalue weighted by Crippen LogP contribution is -2.34. The van der Waals surface area contributed by atoms with Crippen molar-refractivity contribution in [2.24, 2.45) is 11.8 Å². The second-order valence-electron chi connectivity index (χ2n) is 8.47. The molecule has 0 unspecified atom stereocenters. The zero-order valence-corrected chi connectivity index (χ0v) is 20.6. The van der Waals surface area contributed by atoms with Crippen LogP contribution in [0.5, 0.6) is 0 Å². The molecular formula is C25H22Cl2N2O7. The largest absolute Gasteiger partial charge is 0.465 e. The van der Waals surface area contributed by atoms with Gasteiger partial charge in [0.25, 0.3) is 5.91 Å². The molecule has 4 atom stereocenters. The molecule has 2 fully saturated rings. The Morgan fingerprint density at radius 3 is 1.89 bits per heavy atom. The van der Waals surface area contributed by atoms with Crippen molar-refractivity contribution in [1.82, 2.24) is 0 Å². The van der Waals surface area contributed by atoms with Crippen LogP contribution in [0.4, 0.5) is 11.4 Å². The van der Waals surface area contributed by atoms with Crippen molar-refractivity contribution in [3.8, 4) is 0 Å². The van der Waals surface area contributed by atoms with E-state index in [-0.39, 0.29) is 28.1 Å². The molecule has 1 saturated heterocycles. The zero-order chi connectivity index (χ0) is 26.0. The highest BCUT2D eigenvalue weighted by molar-refractivity contribution is 6.31. The van der Waals surface area contributed by atoms with Crippen LogP contribution in [-0.2, 0) is 23.9 Å². The van der Waals surface area contributed by atoms with Crippen molar-refractivity contribution in [3.63, 3.8) is 0 Å². The van der Waals surface area contributed by atoms with Crippen LogP contribution < -0.4 is 10.2 Å². The summed E-state index contributed by atoms with van der Waals surface area (Å²) in [7, 11) is 1.27. The van der Waals surface area contributed by atoms with Gasteiger partial charge in [-0.1, -0.05) is 0 Å². The normalized spacial score (nSPS) is 23.1. The van der Waals surface area contributed by atoms with Crippen molar-refractivity contribution < 1.29 is 33.4 Å². The van der Waals surface area contributed by atoms with Gasteiger partial charge in [0.1, 0.15) is 0 Å². The first-order valence-electron chi connectivity index (χ1n) is 11.1. The SMILES string of the molecule is COC(=O)c1ccc(NC(=O)COC(=O)c2ccc(N3C(=O)[C@@H]4C[C@@H](Cl)[C@@H](Cl)C[C@H]4C3=O)cc2)cc1. The van der Waals surface area contributed by atoms with Crippen LogP contribution in [-0.4, -0.2) is 54.1 Å². The van der Waals surface area contributed by atoms with Gasteiger partial charge in [0.2, 0.25) is 11.8 Å². The molecule has 1 saturated carbocycles. The molecule has 4 rings (SSSR count). The number of nitrogens with zero attached hydrogens (tertiary/aromatic N) is 1. The third-order valence-corrected chi connectivity index (χ3v) is 7.29. The van der Waals surface area contributed by atoms with Gasteiger partial charge >= 0.3 is 11.9 Å². The number of carbonyl (C=O) groups excluding carboxylic acids is 5. The molecule has 1 heterocycles. The summed E-state index contributed by atoms with van der Waals surface area (Å²) in [5.74, 6) is -3.49. The number of imide groups is 1. The highest BCUT2D eigenvalue weighted by atomic mass is 35.5. The molecule has 1 aliphatic heterocycles. The molecule has 0 spiro atoms. The number of methoxy groups -OCH3 is 1. The number of fused-ring (bicyclic) bond motifs is 1. The third-order valence-electron chi connectivity index (χ3n) is 6.20. The van der Waals surface area contributed by atoms with Gasteiger partial charge in [-0.2, -0.15) is 0 Å². The van der Waals surface area contributed by atoms with E-state index in [4.69, 9.17) is 27.9 Å². The lowest BCUT2D eigenvalue weighted by molar-refractivity contribution is -0.122. The van der Waals surface area contributed by atoms with E-state index in [1.54, 1.807) is 0 Å². The maximum atomic E-state index is 12.9. The molecule has 11 heteroatoms. The summed E-state index contributed by atoms with van der Waals surface area (Å²) in [5.41, 5.74) is 1.22. The van der Waals surface area contributed by atoms with Gasteiger partial charge in [-0.05, 0) is 61.4 Å². The van der Waals surface area contributed by atoms with E-state index in [2.05, 4.69) is 10.1 Å². The lowest BCUT2D eigenvalue weighted by atomic mass is 9.80. The Balaban J connectivity index is 1.33. The summed E-state index contributed by atoms with van der Waals surface area (Å²) in [6, 6.07) is 11.8. The van der Waals surface area contributed by atoms with Crippen molar-refractivity contribution in [1.29, 1.82) is 0 Å². The van der Waals surface area contributed by atoms with Crippen LogP contribution in [0, 0.1) is 11.8 Å². The van der Waals surface area contributed by atoms with Gasteiger partial charge < -0.3 is 14.8 Å². The number of amides is 3. The fourth-order valence-electron chi connectivity index (χ4n) is 4.32. The first kappa shape index (κ1) is 25.7. The maximum absolute atomic E-state index is 12.9. The van der Waals surface area contributed by atoms with E-state index in [0.29, 0.717) is 29.8 Å². The number of carbonyl (C=O) groups is 5. The van der Waals surface area contributed by atoms with Gasteiger partial charge in [-0.25, -0.2) is 9.59 Å². The van der Waals surface area contributed by atoms with Crippen molar-refractivity contribution in [2.45, 2.75) is 23.6 Å². The minimum absolute atomic E-state index is 0.145. The molecular weight excluding hydrogens is 511 g/mol. The average molecular weight is 533 g/mol. The van der Waals surface area contributed by atoms with Gasteiger partial charge in [-0.3, -0.25) is 19.3 Å². The second kappa shape index (κ2) is 10.7. The number of rotatable bonds is 6. The smallest absolute Gasteiger partial charge is 0.338 e. The van der Waals surface area contributed by atoms with Crippen LogP contribution in [0.1, 0.15) is 33.6 Å². The van der Waals surface area contributed by atoms with Crippen molar-refractivity contribution in [3.05, 3.63) is 59.7 Å². The Morgan fingerprint density at radius 1 is 0.861 bits per heavy atom. The Hall–Kier alpha value is -3.43. The predicted octanol–water partition coefficient (Wildman–Crippen LogP) is 3.38. The molecule has 36 heavy (non-hydrogen) atoms. The zero-order valence-electron chi connectivity index (χ0n) is 19.1. The lowest BCUT2D eigenvalue weighted by Gasteiger charge is -2.28. The van der Waals surface area contributed by atoms with E-state index in [9.17, 15) is 24.0 Å². The highest BCUT2D eigenvalue weighted by Crippen LogP contribution is 2.43. The monoisotopic (exact) mass is 532 g/mol. The van der Waals surface area contributed by atoms with Crippen LogP contribution in [0.2, 0.25) is 0 Å². The molecule has 188 valence electrons. The van der Waals surface area contributed by atoms with Crippen molar-refractivity contribution in [2.75, 3.05) is 23.9 Å². The molecule has 2 aromatic carbocycles. The Morgan fingerprint density at radius 2 is 1.36 bits per heavy atom. The number of halogens is 2. The first-order chi connectivity index (χ1) is 17.2. The number of hydrogen-bond donors (Lipinski definition) is 1. The van der Waals surface area contributed by atoms with Crippen LogP contribution in [0.3, 0.4) is 0 Å². The van der Waals surface area contributed by atoms with E-state index in [0.717, 1.165) is 4.90 Å². The molecule has 2 aromatic rings. The molecule has 9 nitrogen and oxygen atoms in total. The van der Waals surface area contributed by atoms with E-state index < -0.39 is 36.3 Å². The van der Waals surface area contributed by atoms with Crippen LogP contribution >= 0.6 is 23.2 Å². The van der Waals surface area contributed by atoms with E-state index in [1.807, 2.05) is 0 Å². The first-order valence-corrected chi connectivity index (χ1v) is 12.0. The fourth-order valence-corrected chi connectivity index (χ4v) is 4.90. The van der Waals surface area contributed by atoms with Gasteiger partial charge in [0.15, 0.2) is 6.61 Å². The second-order valence-corrected chi connectivity index (χ2v) is 9.59. The van der Waals surface area contributed by atoms with E-state index in [1.165, 1.54) is 55.6 Å². The summed E-state index contributed by atoms with van der Waals surface area (Å²) in [6.07, 6.45) is 0.673. The van der Waals surface area contributed by atoms with Gasteiger partial charge in [0, 0.05) is 5.69 Å². The molecule has 1 aliphatic carbocycles. The Kier molecular flexibility index (Phi) is 7.61. The predicted molar refractivity (Wildman–Crippen MR) is 131 cm³/mol. The standard InChI is InChI=1S/C25H22Cl2N2O7/c1-35-24(33)13-2-6-15(7-3-13)28-21(30)12-36-25(34)14-4-8-16(9-5-14)29-22(31)17-10-19(26)20(27)11-18(17)23(29)32/h2-9,17-20H,10-12H2,1H3,(H,28,30)/t17-,18-,19-,20+/m1/s1. The highest BCUT2D eigenvalue weighted by Gasteiger charge is 2.52. The summed E-state index contributed by atoms with van der Waals surface area (Å²) >= 11 is 12.4. The maximum Gasteiger partial charge on any atom is 0.338 e. The number of hydrogen-bond acceptors (Lipinski definition) is 7. The summed E-state index contributed by atoms with van der Waals surface area (Å²) in [4.78, 5) is 62.8. The third kappa shape index (κ3) is 5.22. The van der Waals surface area contributed by atoms with Gasteiger partial charge in [0.05, 0.1) is 46.5 Å². The minimum Gasteiger partial charge on any atom is -0.465 e. The minimum atomic E-state index is -0.750. The molecule has 0 bridgehead atoms. The summed E-state index contributed by atoms with van der Waals surface area (Å²) < 4.78 is 9.66. The Labute approximate surface area is 216 Å².